The Kier molecular flexibility index (Phi) is 5.08. The molecule has 0 aliphatic heterocycles. The van der Waals surface area contributed by atoms with Crippen LogP contribution in [0, 0.1) is 23.2 Å². The Bertz CT molecular complexity index is 1090. The van der Waals surface area contributed by atoms with Crippen molar-refractivity contribution in [3.8, 4) is 5.75 Å². The number of carbonyl (C=O) groups is 2. The molecule has 1 unspecified atom stereocenters. The summed E-state index contributed by atoms with van der Waals surface area (Å²) in [6.07, 6.45) is 7.78. The zero-order valence-corrected chi connectivity index (χ0v) is 19.0. The van der Waals surface area contributed by atoms with Crippen molar-refractivity contribution >= 4 is 45.1 Å². The van der Waals surface area contributed by atoms with Gasteiger partial charge in [0.2, 0.25) is 5.91 Å². The number of nitrogens with one attached hydrogen (secondary N) is 2. The number of thioether (sulfide) groups is 1. The number of hydrogen-bond donors (Lipinski definition) is 4. The lowest BCUT2D eigenvalue weighted by atomic mass is 9.48. The quantitative estimate of drug-likeness (QED) is 0.492. The number of primary amides is 1. The number of thiophene rings is 1. The van der Waals surface area contributed by atoms with Gasteiger partial charge in [-0.2, -0.15) is 0 Å². The molecule has 7 nitrogen and oxygen atoms in total. The monoisotopic (exact) mass is 461 g/mol. The van der Waals surface area contributed by atoms with Crippen molar-refractivity contribution in [3.05, 3.63) is 22.0 Å². The summed E-state index contributed by atoms with van der Waals surface area (Å²) in [5.41, 5.74) is 5.64. The number of amides is 2. The minimum absolute atomic E-state index is 0.0705. The summed E-state index contributed by atoms with van der Waals surface area (Å²) in [6.45, 7) is 2.15. The summed E-state index contributed by atoms with van der Waals surface area (Å²) in [4.78, 5) is 39.1. The second-order valence-corrected chi connectivity index (χ2v) is 12.0. The van der Waals surface area contributed by atoms with Gasteiger partial charge in [0.1, 0.15) is 5.75 Å². The molecule has 2 heterocycles. The topological polar surface area (TPSA) is 125 Å². The van der Waals surface area contributed by atoms with Crippen molar-refractivity contribution in [1.29, 1.82) is 0 Å². The number of H-pyrrole nitrogens is 1. The molecule has 6 rings (SSSR count). The Morgan fingerprint density at radius 2 is 1.90 bits per heavy atom. The number of fused-ring (bicyclic) bond motifs is 1. The van der Waals surface area contributed by atoms with Crippen LogP contribution in [0.15, 0.2) is 15.1 Å². The second kappa shape index (κ2) is 7.55. The van der Waals surface area contributed by atoms with E-state index >= 15 is 0 Å². The molecule has 2 aromatic rings. The molecule has 4 saturated carbocycles. The molecule has 2 aromatic heterocycles. The molecule has 5 N–H and O–H groups in total. The fraction of sp³-hybridized carbons (Fsp3) is 0.591. The molecule has 9 heteroatoms. The maximum atomic E-state index is 12.8. The van der Waals surface area contributed by atoms with Gasteiger partial charge in [-0.3, -0.25) is 14.4 Å². The van der Waals surface area contributed by atoms with Crippen molar-refractivity contribution in [1.82, 2.24) is 10.3 Å². The molecule has 0 aromatic carbocycles. The van der Waals surface area contributed by atoms with E-state index in [0.717, 1.165) is 35.2 Å². The molecule has 4 bridgehead atoms. The van der Waals surface area contributed by atoms with Crippen LogP contribution in [0.4, 0.5) is 0 Å². The molecule has 31 heavy (non-hydrogen) atoms. The van der Waals surface area contributed by atoms with Gasteiger partial charge in [0.25, 0.3) is 11.5 Å². The molecule has 0 radical (unpaired) electrons. The van der Waals surface area contributed by atoms with Gasteiger partial charge < -0.3 is 21.1 Å². The number of aromatic nitrogens is 1. The third-order valence-corrected chi connectivity index (χ3v) is 10.1. The average Bonchev–Trinajstić information content (AvgIpc) is 3.04. The Morgan fingerprint density at radius 3 is 2.48 bits per heavy atom. The summed E-state index contributed by atoms with van der Waals surface area (Å²) < 4.78 is 0.913. The summed E-state index contributed by atoms with van der Waals surface area (Å²) in [6, 6.07) is 1.20. The van der Waals surface area contributed by atoms with E-state index in [-0.39, 0.29) is 39.9 Å². The molecule has 2 amide bonds. The zero-order chi connectivity index (χ0) is 21.9. The van der Waals surface area contributed by atoms with Gasteiger partial charge in [-0.15, -0.1) is 23.1 Å². The lowest BCUT2D eigenvalue weighted by Gasteiger charge is -2.59. The Morgan fingerprint density at radius 1 is 1.29 bits per heavy atom. The second-order valence-electron chi connectivity index (χ2n) is 9.71. The van der Waals surface area contributed by atoms with E-state index in [0.29, 0.717) is 8.91 Å². The molecular weight excluding hydrogens is 434 g/mol. The minimum Gasteiger partial charge on any atom is -0.506 e. The van der Waals surface area contributed by atoms with E-state index in [4.69, 9.17) is 5.73 Å². The van der Waals surface area contributed by atoms with Crippen molar-refractivity contribution in [3.63, 3.8) is 0 Å². The Labute approximate surface area is 188 Å². The fourth-order valence-electron chi connectivity index (χ4n) is 6.66. The summed E-state index contributed by atoms with van der Waals surface area (Å²) in [5.74, 6) is 1.66. The van der Waals surface area contributed by atoms with Crippen LogP contribution in [-0.2, 0) is 4.79 Å². The smallest absolute Gasteiger partial charge is 0.252 e. The Balaban J connectivity index is 1.29. The molecule has 0 spiro atoms. The van der Waals surface area contributed by atoms with Crippen LogP contribution in [0.3, 0.4) is 0 Å². The number of nitrogens with two attached hydrogens (primary N) is 1. The third-order valence-electron chi connectivity index (χ3n) is 7.59. The van der Waals surface area contributed by atoms with Gasteiger partial charge in [-0.25, -0.2) is 0 Å². The van der Waals surface area contributed by atoms with E-state index < -0.39 is 11.5 Å². The summed E-state index contributed by atoms with van der Waals surface area (Å²) in [7, 11) is 0. The molecule has 4 aliphatic rings. The summed E-state index contributed by atoms with van der Waals surface area (Å²) >= 11 is 2.37. The van der Waals surface area contributed by atoms with Crippen molar-refractivity contribution in [2.45, 2.75) is 55.7 Å². The van der Waals surface area contributed by atoms with Gasteiger partial charge in [0.15, 0.2) is 0 Å². The first-order chi connectivity index (χ1) is 14.7. The largest absolute Gasteiger partial charge is 0.506 e. The van der Waals surface area contributed by atoms with Gasteiger partial charge >= 0.3 is 0 Å². The first kappa shape index (κ1) is 20.9. The first-order valence-corrected chi connectivity index (χ1v) is 12.6. The van der Waals surface area contributed by atoms with Crippen LogP contribution in [-0.4, -0.2) is 33.7 Å². The predicted molar refractivity (Wildman–Crippen MR) is 122 cm³/mol. The average molecular weight is 462 g/mol. The van der Waals surface area contributed by atoms with E-state index in [1.165, 1.54) is 50.3 Å². The molecule has 4 fully saturated rings. The highest BCUT2D eigenvalue weighted by molar-refractivity contribution is 8.02. The number of rotatable bonds is 6. The molecule has 0 saturated heterocycles. The van der Waals surface area contributed by atoms with E-state index in [9.17, 15) is 19.5 Å². The van der Waals surface area contributed by atoms with Crippen LogP contribution in [0.5, 0.6) is 5.75 Å². The fourth-order valence-corrected chi connectivity index (χ4v) is 8.92. The highest BCUT2D eigenvalue weighted by atomic mass is 32.2. The van der Waals surface area contributed by atoms with E-state index in [1.54, 1.807) is 0 Å². The SMILES string of the molecule is CC(NC(=O)CSc1sc2c(O)cc(=O)[nH]c2c1C(N)=O)C12CC3CC(CC(C3)C1)C2. The highest BCUT2D eigenvalue weighted by Crippen LogP contribution is 2.61. The first-order valence-electron chi connectivity index (χ1n) is 10.8. The van der Waals surface area contributed by atoms with Gasteiger partial charge in [0, 0.05) is 12.1 Å². The normalized spacial score (nSPS) is 29.9. The third kappa shape index (κ3) is 3.65. The molecule has 1 atom stereocenters. The van der Waals surface area contributed by atoms with E-state index in [1.807, 2.05) is 0 Å². The highest BCUT2D eigenvalue weighted by Gasteiger charge is 2.53. The zero-order valence-electron chi connectivity index (χ0n) is 17.4. The molecule has 4 aliphatic carbocycles. The van der Waals surface area contributed by atoms with Crippen LogP contribution in [0.2, 0.25) is 0 Å². The van der Waals surface area contributed by atoms with Gasteiger partial charge in [-0.1, -0.05) is 0 Å². The number of carbonyl (C=O) groups excluding carboxylic acids is 2. The number of hydrogen-bond acceptors (Lipinski definition) is 6. The van der Waals surface area contributed by atoms with Gasteiger partial charge in [0.05, 0.1) is 25.7 Å². The van der Waals surface area contributed by atoms with Crippen molar-refractivity contribution < 1.29 is 14.7 Å². The van der Waals surface area contributed by atoms with Crippen LogP contribution >= 0.6 is 23.1 Å². The van der Waals surface area contributed by atoms with Crippen LogP contribution in [0.25, 0.3) is 10.2 Å². The molecular formula is C22H27N3O4S2. The maximum Gasteiger partial charge on any atom is 0.252 e. The van der Waals surface area contributed by atoms with Crippen molar-refractivity contribution in [2.75, 3.05) is 5.75 Å². The lowest BCUT2D eigenvalue weighted by Crippen LogP contribution is -2.56. The predicted octanol–water partition coefficient (Wildman–Crippen LogP) is 3.21. The maximum absolute atomic E-state index is 12.8. The number of pyridine rings is 1. The lowest BCUT2D eigenvalue weighted by molar-refractivity contribution is -0.123. The minimum atomic E-state index is -0.697. The van der Waals surface area contributed by atoms with Crippen molar-refractivity contribution in [2.24, 2.45) is 28.9 Å². The molecule has 166 valence electrons. The Hall–Kier alpha value is -2.00. The van der Waals surface area contributed by atoms with Crippen LogP contribution in [0.1, 0.15) is 55.8 Å². The standard InChI is InChI=1S/C22H27N3O4S2/c1-10(22-6-11-2-12(7-22)4-13(3-11)8-22)24-16(28)9-30-21-17(20(23)29)18-19(31-21)14(26)5-15(27)25-18/h5,10-13H,2-4,6-9H2,1H3,(H2,23,29)(H,24,28)(H2,25,26,27). The number of aromatic hydroxyl groups is 1. The van der Waals surface area contributed by atoms with Crippen LogP contribution < -0.4 is 16.6 Å². The van der Waals surface area contributed by atoms with E-state index in [2.05, 4.69) is 17.2 Å². The number of aromatic amines is 1. The summed E-state index contributed by atoms with van der Waals surface area (Å²) in [5, 5.41) is 13.3. The van der Waals surface area contributed by atoms with Gasteiger partial charge in [-0.05, 0) is 68.6 Å².